The molecule has 1 unspecified atom stereocenters. The number of aliphatic hydroxyl groups is 1. The number of nitrogens with zero attached hydrogens (tertiary/aromatic N) is 1. The average molecular weight is 268 g/mol. The Bertz CT molecular complexity index is 386. The van der Waals surface area contributed by atoms with Gasteiger partial charge < -0.3 is 10.4 Å². The molecule has 0 spiro atoms. The summed E-state index contributed by atoms with van der Waals surface area (Å²) in [4.78, 5) is 15.1. The summed E-state index contributed by atoms with van der Waals surface area (Å²) in [6.07, 6.45) is -0.254. The Morgan fingerprint density at radius 3 is 2.83 bits per heavy atom. The maximum Gasteiger partial charge on any atom is 0.234 e. The molecule has 1 fully saturated rings. The fourth-order valence-corrected chi connectivity index (χ4v) is 3.08. The van der Waals surface area contributed by atoms with Crippen molar-refractivity contribution in [1.82, 2.24) is 10.2 Å². The smallest absolute Gasteiger partial charge is 0.234 e. The normalized spacial score (nSPS) is 18.7. The fraction of sp³-hybridized carbons (Fsp3) is 0.615. The van der Waals surface area contributed by atoms with Crippen LogP contribution in [0.1, 0.15) is 24.8 Å². The van der Waals surface area contributed by atoms with E-state index in [1.54, 1.807) is 11.3 Å². The molecular formula is C13H20N2O2S. The largest absolute Gasteiger partial charge is 0.390 e. The first kappa shape index (κ1) is 13.5. The lowest BCUT2D eigenvalue weighted by Crippen LogP contribution is -2.54. The number of β-amino-alcohol motifs (C(OH)–C–C–N with tert-alkyl or cyclic N) is 1. The number of amides is 1. The van der Waals surface area contributed by atoms with Gasteiger partial charge in [-0.3, -0.25) is 9.69 Å². The van der Waals surface area contributed by atoms with Gasteiger partial charge in [-0.25, -0.2) is 0 Å². The molecule has 1 aromatic rings. The number of thiophene rings is 1. The lowest BCUT2D eigenvalue weighted by Gasteiger charge is -2.35. The molecule has 0 aliphatic carbocycles. The molecule has 2 N–H and O–H groups in total. The zero-order valence-corrected chi connectivity index (χ0v) is 11.6. The molecule has 2 rings (SSSR count). The Kier molecular flexibility index (Phi) is 4.37. The minimum Gasteiger partial charge on any atom is -0.390 e. The molecule has 0 radical (unpaired) electrons. The zero-order valence-electron chi connectivity index (χ0n) is 10.8. The van der Waals surface area contributed by atoms with E-state index in [4.69, 9.17) is 0 Å². The molecule has 1 amide bonds. The van der Waals surface area contributed by atoms with E-state index in [9.17, 15) is 9.90 Å². The van der Waals surface area contributed by atoms with Crippen molar-refractivity contribution >= 4 is 17.2 Å². The van der Waals surface area contributed by atoms with Gasteiger partial charge in [-0.1, -0.05) is 19.9 Å². The highest BCUT2D eigenvalue weighted by Gasteiger charge is 2.27. The summed E-state index contributed by atoms with van der Waals surface area (Å²) in [7, 11) is 0. The zero-order chi connectivity index (χ0) is 13.1. The summed E-state index contributed by atoms with van der Waals surface area (Å²) in [5, 5.41) is 14.3. The van der Waals surface area contributed by atoms with Crippen LogP contribution in [0.15, 0.2) is 17.5 Å². The molecule has 0 aromatic carbocycles. The third-order valence-corrected chi connectivity index (χ3v) is 4.09. The molecule has 1 aliphatic rings. The molecule has 1 atom stereocenters. The van der Waals surface area contributed by atoms with Gasteiger partial charge in [0.05, 0.1) is 18.7 Å². The summed E-state index contributed by atoms with van der Waals surface area (Å²) in [5.41, 5.74) is 0. The lowest BCUT2D eigenvalue weighted by atomic mass is 10.0. The van der Waals surface area contributed by atoms with Crippen molar-refractivity contribution < 1.29 is 9.90 Å². The maximum atomic E-state index is 11.9. The van der Waals surface area contributed by atoms with Gasteiger partial charge in [0, 0.05) is 18.0 Å². The van der Waals surface area contributed by atoms with Crippen molar-refractivity contribution in [3.8, 4) is 0 Å². The lowest BCUT2D eigenvalue weighted by molar-refractivity contribution is -0.126. The number of carbonyl (C=O) groups excluding carboxylic acids is 1. The van der Waals surface area contributed by atoms with Crippen LogP contribution >= 0.6 is 11.3 Å². The maximum absolute atomic E-state index is 11.9. The van der Waals surface area contributed by atoms with Gasteiger partial charge in [0.1, 0.15) is 0 Å². The van der Waals surface area contributed by atoms with Gasteiger partial charge in [-0.05, 0) is 17.4 Å². The molecule has 1 aliphatic heterocycles. The number of rotatable bonds is 5. The molecule has 5 heteroatoms. The Labute approximate surface area is 112 Å². The van der Waals surface area contributed by atoms with Gasteiger partial charge in [-0.2, -0.15) is 0 Å². The van der Waals surface area contributed by atoms with Crippen molar-refractivity contribution in [2.24, 2.45) is 5.92 Å². The van der Waals surface area contributed by atoms with Crippen LogP contribution in [-0.4, -0.2) is 41.7 Å². The van der Waals surface area contributed by atoms with Crippen LogP contribution in [0.2, 0.25) is 0 Å². The van der Waals surface area contributed by atoms with Crippen LogP contribution in [0.3, 0.4) is 0 Å². The van der Waals surface area contributed by atoms with E-state index >= 15 is 0 Å². The topological polar surface area (TPSA) is 52.6 Å². The second-order valence-electron chi connectivity index (χ2n) is 5.15. The molecule has 1 saturated heterocycles. The van der Waals surface area contributed by atoms with Crippen molar-refractivity contribution in [3.05, 3.63) is 22.4 Å². The first-order valence-corrected chi connectivity index (χ1v) is 7.17. The number of nitrogens with one attached hydrogen (secondary N) is 1. The average Bonchev–Trinajstić information content (AvgIpc) is 2.76. The molecule has 4 nitrogen and oxygen atoms in total. The van der Waals surface area contributed by atoms with E-state index in [0.29, 0.717) is 25.6 Å². The number of carbonyl (C=O) groups is 1. The second kappa shape index (κ2) is 5.82. The quantitative estimate of drug-likeness (QED) is 0.845. The minimum absolute atomic E-state index is 0.0361. The van der Waals surface area contributed by atoms with Crippen LogP contribution in [0.4, 0.5) is 0 Å². The van der Waals surface area contributed by atoms with Crippen molar-refractivity contribution in [3.63, 3.8) is 0 Å². The monoisotopic (exact) mass is 268 g/mol. The summed E-state index contributed by atoms with van der Waals surface area (Å²) >= 11 is 1.67. The van der Waals surface area contributed by atoms with Gasteiger partial charge in [-0.15, -0.1) is 11.3 Å². The minimum atomic E-state index is -0.254. The summed E-state index contributed by atoms with van der Waals surface area (Å²) in [6.45, 7) is 5.82. The van der Waals surface area contributed by atoms with E-state index in [0.717, 1.165) is 0 Å². The van der Waals surface area contributed by atoms with Crippen LogP contribution in [0, 0.1) is 5.92 Å². The fourth-order valence-electron chi connectivity index (χ4n) is 2.13. The van der Waals surface area contributed by atoms with Gasteiger partial charge in [0.2, 0.25) is 5.91 Å². The van der Waals surface area contributed by atoms with Crippen molar-refractivity contribution in [2.45, 2.75) is 26.0 Å². The first-order chi connectivity index (χ1) is 8.56. The first-order valence-electron chi connectivity index (χ1n) is 6.29. The van der Waals surface area contributed by atoms with Crippen molar-refractivity contribution in [1.29, 1.82) is 0 Å². The highest BCUT2D eigenvalue weighted by Crippen LogP contribution is 2.25. The molecule has 2 heterocycles. The van der Waals surface area contributed by atoms with Crippen LogP contribution < -0.4 is 5.32 Å². The molecule has 18 heavy (non-hydrogen) atoms. The van der Waals surface area contributed by atoms with Crippen LogP contribution in [0.25, 0.3) is 0 Å². The SMILES string of the molecule is CC(C)C(NC(=O)CN1CC(O)C1)c1cccs1. The highest BCUT2D eigenvalue weighted by molar-refractivity contribution is 7.10. The predicted molar refractivity (Wildman–Crippen MR) is 72.5 cm³/mol. The van der Waals surface area contributed by atoms with E-state index < -0.39 is 0 Å². The Hall–Kier alpha value is -0.910. The molecule has 0 saturated carbocycles. The van der Waals surface area contributed by atoms with E-state index in [1.165, 1.54) is 4.88 Å². The summed E-state index contributed by atoms with van der Waals surface area (Å²) in [6, 6.07) is 4.15. The standard InChI is InChI=1S/C13H20N2O2S/c1-9(2)13(11-4-3-5-18-11)14-12(17)8-15-6-10(16)7-15/h3-5,9-10,13,16H,6-8H2,1-2H3,(H,14,17). The summed E-state index contributed by atoms with van der Waals surface area (Å²) < 4.78 is 0. The number of aliphatic hydroxyl groups excluding tert-OH is 1. The van der Waals surface area contributed by atoms with E-state index in [1.807, 2.05) is 16.3 Å². The molecule has 100 valence electrons. The van der Waals surface area contributed by atoms with E-state index in [-0.39, 0.29) is 18.1 Å². The highest BCUT2D eigenvalue weighted by atomic mass is 32.1. The number of hydrogen-bond donors (Lipinski definition) is 2. The van der Waals surface area contributed by atoms with Crippen molar-refractivity contribution in [2.75, 3.05) is 19.6 Å². The second-order valence-corrected chi connectivity index (χ2v) is 6.13. The third kappa shape index (κ3) is 3.31. The number of hydrogen-bond acceptors (Lipinski definition) is 4. The molecule has 1 aromatic heterocycles. The Morgan fingerprint density at radius 2 is 2.33 bits per heavy atom. The van der Waals surface area contributed by atoms with Crippen LogP contribution in [-0.2, 0) is 4.79 Å². The van der Waals surface area contributed by atoms with E-state index in [2.05, 4.69) is 25.2 Å². The Balaban J connectivity index is 1.87. The Morgan fingerprint density at radius 1 is 1.61 bits per heavy atom. The molecule has 0 bridgehead atoms. The van der Waals surface area contributed by atoms with Crippen LogP contribution in [0.5, 0.6) is 0 Å². The number of likely N-dealkylation sites (tertiary alicyclic amines) is 1. The third-order valence-electron chi connectivity index (χ3n) is 3.14. The molecular weight excluding hydrogens is 248 g/mol. The van der Waals surface area contributed by atoms with Gasteiger partial charge >= 0.3 is 0 Å². The summed E-state index contributed by atoms with van der Waals surface area (Å²) in [5.74, 6) is 0.406. The predicted octanol–water partition coefficient (Wildman–Crippen LogP) is 1.24. The van der Waals surface area contributed by atoms with Gasteiger partial charge in [0.25, 0.3) is 0 Å². The van der Waals surface area contributed by atoms with Gasteiger partial charge in [0.15, 0.2) is 0 Å².